The molecule has 196 valence electrons. The van der Waals surface area contributed by atoms with E-state index in [0.29, 0.717) is 0 Å². The highest BCUT2D eigenvalue weighted by Gasteiger charge is 2.45. The number of aromatic nitrogens is 2. The van der Waals surface area contributed by atoms with E-state index in [0.717, 1.165) is 29.8 Å². The summed E-state index contributed by atoms with van der Waals surface area (Å²) in [4.78, 5) is 28.0. The van der Waals surface area contributed by atoms with Crippen LogP contribution in [0.25, 0.3) is 10.4 Å². The quantitative estimate of drug-likeness (QED) is 0.177. The zero-order valence-electron chi connectivity index (χ0n) is 18.7. The van der Waals surface area contributed by atoms with E-state index in [1.54, 1.807) is 0 Å². The Balaban J connectivity index is 1.86. The van der Waals surface area contributed by atoms with Crippen molar-refractivity contribution in [3.8, 4) is 0 Å². The number of halogens is 2. The van der Waals surface area contributed by atoms with Crippen molar-refractivity contribution < 1.29 is 41.9 Å². The van der Waals surface area contributed by atoms with Crippen LogP contribution in [-0.2, 0) is 22.9 Å². The molecule has 0 saturated carbocycles. The fraction of sp³-hybridized carbons (Fsp3) is 0.474. The predicted octanol–water partition coefficient (Wildman–Crippen LogP) is 2.01. The van der Waals surface area contributed by atoms with Crippen LogP contribution in [0.15, 0.2) is 45.2 Å². The maximum atomic E-state index is 14.2. The second-order valence-electron chi connectivity index (χ2n) is 7.56. The monoisotopic (exact) mass is 533 g/mol. The Labute approximate surface area is 201 Å². The van der Waals surface area contributed by atoms with Gasteiger partial charge in [0.1, 0.15) is 0 Å². The lowest BCUT2D eigenvalue weighted by Crippen LogP contribution is -2.49. The van der Waals surface area contributed by atoms with Crippen LogP contribution in [0.3, 0.4) is 0 Å². The number of hydrogen-bond donors (Lipinski definition) is 3. The highest BCUT2D eigenvalue weighted by Crippen LogP contribution is 2.57. The standard InChI is InChI=1S/C19H22F2N5O9P/c1-11(28)19(24-25-22,34-16(9-27)26-7-5-15(29)23-18(26)30)10-33-36(31)32-8-6-14(35-36)12-3-2-4-13(20)17(12)21/h2-5,7,11,14,16,27-28H,6,8-10H2,1H3,(H,23,29,30)/t11-,14-,16?,19+,36?/m0/s1. The minimum atomic E-state index is -4.51. The molecule has 1 aromatic carbocycles. The number of aliphatic hydroxyl groups excluding tert-OH is 2. The fourth-order valence-corrected chi connectivity index (χ4v) is 4.67. The molecule has 3 rings (SSSR count). The molecule has 17 heteroatoms. The maximum Gasteiger partial charge on any atom is 0.475 e. The molecule has 14 nitrogen and oxygen atoms in total. The molecule has 1 aliphatic heterocycles. The van der Waals surface area contributed by atoms with Crippen LogP contribution in [0.2, 0.25) is 0 Å². The number of hydrogen-bond acceptors (Lipinski definition) is 10. The van der Waals surface area contributed by atoms with Gasteiger partial charge in [0.05, 0.1) is 32.0 Å². The summed E-state index contributed by atoms with van der Waals surface area (Å²) in [6.45, 7) is -1.01. The molecule has 0 spiro atoms. The van der Waals surface area contributed by atoms with Gasteiger partial charge in [0.2, 0.25) is 0 Å². The molecule has 0 amide bonds. The van der Waals surface area contributed by atoms with Gasteiger partial charge in [-0.3, -0.25) is 27.9 Å². The highest BCUT2D eigenvalue weighted by molar-refractivity contribution is 7.48. The number of ether oxygens (including phenoxy) is 1. The molecule has 36 heavy (non-hydrogen) atoms. The van der Waals surface area contributed by atoms with Gasteiger partial charge in [0.15, 0.2) is 23.6 Å². The van der Waals surface area contributed by atoms with E-state index in [9.17, 15) is 33.1 Å². The summed E-state index contributed by atoms with van der Waals surface area (Å²) < 4.78 is 62.8. The summed E-state index contributed by atoms with van der Waals surface area (Å²) in [6.07, 6.45) is -3.52. The van der Waals surface area contributed by atoms with E-state index in [-0.39, 0.29) is 18.6 Å². The molecular weight excluding hydrogens is 511 g/mol. The van der Waals surface area contributed by atoms with Crippen molar-refractivity contribution in [3.05, 3.63) is 78.9 Å². The second kappa shape index (κ2) is 11.4. The van der Waals surface area contributed by atoms with Gasteiger partial charge in [-0.05, 0) is 18.5 Å². The molecular formula is C19H22F2N5O9P. The molecule has 3 N–H and O–H groups in total. The summed E-state index contributed by atoms with van der Waals surface area (Å²) in [5.41, 5.74) is 4.71. The minimum absolute atomic E-state index is 0.00380. The van der Waals surface area contributed by atoms with Gasteiger partial charge in [0, 0.05) is 29.2 Å². The summed E-state index contributed by atoms with van der Waals surface area (Å²) in [5.74, 6) is -2.35. The number of aromatic amines is 1. The van der Waals surface area contributed by atoms with Gasteiger partial charge < -0.3 is 14.9 Å². The SMILES string of the molecule is C[C@H](O)[C@](COP1(=O)OCC[C@@H](c2cccc(F)c2F)O1)(N=[N+]=[N-])OC(CO)n1ccc(=O)[nH]c1=O. The number of phosphoric acid groups is 1. The van der Waals surface area contributed by atoms with Crippen LogP contribution in [-0.4, -0.2) is 51.4 Å². The first kappa shape index (κ1) is 27.6. The van der Waals surface area contributed by atoms with Crippen LogP contribution < -0.4 is 11.2 Å². The van der Waals surface area contributed by atoms with Gasteiger partial charge in [0.25, 0.3) is 5.56 Å². The van der Waals surface area contributed by atoms with E-state index in [1.165, 1.54) is 12.1 Å². The molecule has 2 unspecified atom stereocenters. The second-order valence-corrected chi connectivity index (χ2v) is 9.18. The summed E-state index contributed by atoms with van der Waals surface area (Å²) in [5, 5.41) is 23.5. The number of azide groups is 1. The molecule has 1 saturated heterocycles. The number of benzene rings is 1. The molecule has 0 aliphatic carbocycles. The lowest BCUT2D eigenvalue weighted by molar-refractivity contribution is -0.198. The van der Waals surface area contributed by atoms with E-state index in [2.05, 4.69) is 10.0 Å². The molecule has 0 bridgehead atoms. The Morgan fingerprint density at radius 2 is 2.17 bits per heavy atom. The van der Waals surface area contributed by atoms with Crippen LogP contribution in [0.4, 0.5) is 8.78 Å². The van der Waals surface area contributed by atoms with Crippen molar-refractivity contribution >= 4 is 7.82 Å². The van der Waals surface area contributed by atoms with Crippen LogP contribution in [0, 0.1) is 11.6 Å². The molecule has 2 heterocycles. The van der Waals surface area contributed by atoms with Crippen molar-refractivity contribution in [2.24, 2.45) is 5.11 Å². The lowest BCUT2D eigenvalue weighted by Gasteiger charge is -2.36. The number of rotatable bonds is 10. The largest absolute Gasteiger partial charge is 0.475 e. The Morgan fingerprint density at radius 1 is 1.42 bits per heavy atom. The van der Waals surface area contributed by atoms with Gasteiger partial charge in [-0.1, -0.05) is 17.2 Å². The third-order valence-corrected chi connectivity index (χ3v) is 6.62. The van der Waals surface area contributed by atoms with Crippen molar-refractivity contribution in [1.29, 1.82) is 0 Å². The number of aliphatic hydroxyl groups is 2. The van der Waals surface area contributed by atoms with E-state index < -0.39 is 68.1 Å². The number of H-pyrrole nitrogens is 1. The van der Waals surface area contributed by atoms with Crippen LogP contribution >= 0.6 is 7.82 Å². The minimum Gasteiger partial charge on any atom is -0.392 e. The van der Waals surface area contributed by atoms with Gasteiger partial charge in [-0.25, -0.2) is 18.1 Å². The average Bonchev–Trinajstić information content (AvgIpc) is 2.83. The first-order valence-corrected chi connectivity index (χ1v) is 11.9. The zero-order chi connectivity index (χ0) is 26.5. The molecule has 1 aromatic heterocycles. The number of nitrogens with zero attached hydrogens (tertiary/aromatic N) is 4. The topological polar surface area (TPSA) is 198 Å². The molecule has 0 radical (unpaired) electrons. The highest BCUT2D eigenvalue weighted by atomic mass is 31.2. The van der Waals surface area contributed by atoms with Gasteiger partial charge in [-0.15, -0.1) is 0 Å². The number of phosphoric ester groups is 1. The van der Waals surface area contributed by atoms with E-state index in [4.69, 9.17) is 23.8 Å². The van der Waals surface area contributed by atoms with Crippen molar-refractivity contribution in [3.63, 3.8) is 0 Å². The van der Waals surface area contributed by atoms with Crippen molar-refractivity contribution in [2.45, 2.75) is 37.5 Å². The predicted molar refractivity (Wildman–Crippen MR) is 116 cm³/mol. The summed E-state index contributed by atoms with van der Waals surface area (Å²) >= 11 is 0. The summed E-state index contributed by atoms with van der Waals surface area (Å²) in [6, 6.07) is 4.32. The molecule has 2 aromatic rings. The molecule has 5 atom stereocenters. The third-order valence-electron chi connectivity index (χ3n) is 5.17. The van der Waals surface area contributed by atoms with Gasteiger partial charge >= 0.3 is 13.5 Å². The van der Waals surface area contributed by atoms with E-state index >= 15 is 0 Å². The Morgan fingerprint density at radius 3 is 2.81 bits per heavy atom. The molecule has 1 aliphatic rings. The lowest BCUT2D eigenvalue weighted by atomic mass is 10.1. The van der Waals surface area contributed by atoms with Crippen molar-refractivity contribution in [2.75, 3.05) is 19.8 Å². The van der Waals surface area contributed by atoms with E-state index in [1.807, 2.05) is 4.98 Å². The number of nitrogens with one attached hydrogen (secondary N) is 1. The maximum absolute atomic E-state index is 14.2. The Kier molecular flexibility index (Phi) is 8.76. The average molecular weight is 533 g/mol. The van der Waals surface area contributed by atoms with Crippen LogP contribution in [0.5, 0.6) is 0 Å². The first-order chi connectivity index (χ1) is 17.0. The first-order valence-electron chi connectivity index (χ1n) is 10.4. The Hall–Kier alpha value is -2.94. The fourth-order valence-electron chi connectivity index (χ4n) is 3.27. The third kappa shape index (κ3) is 6.06. The Bertz CT molecular complexity index is 1300. The van der Waals surface area contributed by atoms with Gasteiger partial charge in [-0.2, -0.15) is 0 Å². The molecule has 1 fully saturated rings. The van der Waals surface area contributed by atoms with Crippen LogP contribution in [0.1, 0.15) is 31.2 Å². The van der Waals surface area contributed by atoms with Crippen molar-refractivity contribution in [1.82, 2.24) is 9.55 Å². The zero-order valence-corrected chi connectivity index (χ0v) is 19.6. The smallest absolute Gasteiger partial charge is 0.392 e. The normalized spacial score (nSPS) is 23.3. The summed E-state index contributed by atoms with van der Waals surface area (Å²) in [7, 11) is -4.51.